The summed E-state index contributed by atoms with van der Waals surface area (Å²) >= 11 is 5.97. The Morgan fingerprint density at radius 1 is 0.735 bits per heavy atom. The molecule has 168 valence electrons. The molecule has 5 heteroatoms. The van der Waals surface area contributed by atoms with Crippen molar-refractivity contribution in [2.24, 2.45) is 0 Å². The molecule has 0 saturated carbocycles. The number of aromatic nitrogens is 2. The summed E-state index contributed by atoms with van der Waals surface area (Å²) in [5.41, 5.74) is 5.96. The summed E-state index contributed by atoms with van der Waals surface area (Å²) in [6.45, 7) is 0.421. The number of halogens is 1. The molecule has 1 N–H and O–H groups in total. The maximum Gasteiger partial charge on any atom is 0.161 e. The number of nitrogens with zero attached hydrogens (tertiary/aromatic N) is 1. The molecule has 0 saturated heterocycles. The van der Waals surface area contributed by atoms with Gasteiger partial charge in [0.05, 0.1) is 18.5 Å². The molecular formula is C29H23ClN2O2. The van der Waals surface area contributed by atoms with Gasteiger partial charge >= 0.3 is 0 Å². The largest absolute Gasteiger partial charge is 0.493 e. The first-order valence-electron chi connectivity index (χ1n) is 11.0. The molecular weight excluding hydrogens is 444 g/mol. The van der Waals surface area contributed by atoms with E-state index in [0.717, 1.165) is 39.5 Å². The van der Waals surface area contributed by atoms with E-state index < -0.39 is 0 Å². The van der Waals surface area contributed by atoms with E-state index in [1.807, 2.05) is 78.9 Å². The lowest BCUT2D eigenvalue weighted by Crippen LogP contribution is -1.98. The van der Waals surface area contributed by atoms with Gasteiger partial charge in [0, 0.05) is 21.7 Å². The van der Waals surface area contributed by atoms with E-state index in [-0.39, 0.29) is 0 Å². The first kappa shape index (κ1) is 21.8. The van der Waals surface area contributed by atoms with E-state index in [0.29, 0.717) is 23.1 Å². The number of imidazole rings is 1. The number of H-pyrrole nitrogens is 1. The molecule has 1 heterocycles. The van der Waals surface area contributed by atoms with Gasteiger partial charge in [-0.2, -0.15) is 0 Å². The Balaban J connectivity index is 1.48. The smallest absolute Gasteiger partial charge is 0.161 e. The van der Waals surface area contributed by atoms with Crippen LogP contribution in [0.15, 0.2) is 103 Å². The van der Waals surface area contributed by atoms with Crippen LogP contribution in [-0.2, 0) is 6.61 Å². The molecule has 34 heavy (non-hydrogen) atoms. The van der Waals surface area contributed by atoms with Gasteiger partial charge in [-0.3, -0.25) is 0 Å². The minimum absolute atomic E-state index is 0.421. The van der Waals surface area contributed by atoms with Gasteiger partial charge in [-0.15, -0.1) is 0 Å². The predicted octanol–water partition coefficient (Wildman–Crippen LogP) is 7.65. The van der Waals surface area contributed by atoms with Gasteiger partial charge in [0.25, 0.3) is 0 Å². The lowest BCUT2D eigenvalue weighted by Gasteiger charge is -2.12. The van der Waals surface area contributed by atoms with Gasteiger partial charge in [0.2, 0.25) is 0 Å². The zero-order chi connectivity index (χ0) is 23.3. The Kier molecular flexibility index (Phi) is 6.32. The highest BCUT2D eigenvalue weighted by molar-refractivity contribution is 6.30. The second-order valence-electron chi connectivity index (χ2n) is 7.82. The SMILES string of the molecule is COc1cc(-c2nc(-c3ccccc3)c(-c3ccccc3)[nH]2)ccc1OCc1ccc(Cl)cc1. The van der Waals surface area contributed by atoms with Gasteiger partial charge in [0.1, 0.15) is 12.4 Å². The monoisotopic (exact) mass is 466 g/mol. The van der Waals surface area contributed by atoms with Crippen molar-refractivity contribution in [1.82, 2.24) is 9.97 Å². The fourth-order valence-corrected chi connectivity index (χ4v) is 3.93. The van der Waals surface area contributed by atoms with Gasteiger partial charge in [-0.1, -0.05) is 84.4 Å². The molecule has 0 bridgehead atoms. The molecule has 5 rings (SSSR count). The van der Waals surface area contributed by atoms with Crippen LogP contribution in [0.25, 0.3) is 33.9 Å². The third kappa shape index (κ3) is 4.68. The molecule has 4 nitrogen and oxygen atoms in total. The number of hydrogen-bond donors (Lipinski definition) is 1. The first-order chi connectivity index (χ1) is 16.7. The molecule has 0 fully saturated rings. The molecule has 0 aliphatic carbocycles. The van der Waals surface area contributed by atoms with Crippen LogP contribution in [0, 0.1) is 0 Å². The zero-order valence-corrected chi connectivity index (χ0v) is 19.4. The molecule has 0 spiro atoms. The number of aromatic amines is 1. The zero-order valence-electron chi connectivity index (χ0n) is 18.7. The molecule has 5 aromatic rings. The molecule has 0 amide bonds. The van der Waals surface area contributed by atoms with Crippen molar-refractivity contribution < 1.29 is 9.47 Å². The van der Waals surface area contributed by atoms with Crippen LogP contribution in [0.1, 0.15) is 5.56 Å². The first-order valence-corrected chi connectivity index (χ1v) is 11.4. The van der Waals surface area contributed by atoms with Crippen molar-refractivity contribution >= 4 is 11.6 Å². The highest BCUT2D eigenvalue weighted by Gasteiger charge is 2.16. The van der Waals surface area contributed by atoms with E-state index in [1.54, 1.807) is 7.11 Å². The van der Waals surface area contributed by atoms with E-state index in [4.69, 9.17) is 26.1 Å². The van der Waals surface area contributed by atoms with Crippen LogP contribution < -0.4 is 9.47 Å². The number of nitrogens with one attached hydrogen (secondary N) is 1. The molecule has 1 aromatic heterocycles. The molecule has 0 radical (unpaired) electrons. The van der Waals surface area contributed by atoms with Gasteiger partial charge in [-0.05, 0) is 35.9 Å². The van der Waals surface area contributed by atoms with Gasteiger partial charge in [-0.25, -0.2) is 4.98 Å². The van der Waals surface area contributed by atoms with E-state index in [2.05, 4.69) is 29.2 Å². The topological polar surface area (TPSA) is 47.1 Å². The average Bonchev–Trinajstić information content (AvgIpc) is 3.35. The number of rotatable bonds is 7. The summed E-state index contributed by atoms with van der Waals surface area (Å²) in [7, 11) is 1.64. The van der Waals surface area contributed by atoms with Gasteiger partial charge in [0.15, 0.2) is 11.5 Å². The Morgan fingerprint density at radius 2 is 1.41 bits per heavy atom. The van der Waals surface area contributed by atoms with E-state index in [9.17, 15) is 0 Å². The number of benzene rings is 4. The fraction of sp³-hybridized carbons (Fsp3) is 0.0690. The summed E-state index contributed by atoms with van der Waals surface area (Å²) in [5.74, 6) is 2.07. The molecule has 0 aliphatic rings. The summed E-state index contributed by atoms with van der Waals surface area (Å²) in [5, 5.41) is 0.703. The lowest BCUT2D eigenvalue weighted by atomic mass is 10.1. The van der Waals surface area contributed by atoms with Crippen molar-refractivity contribution in [2.75, 3.05) is 7.11 Å². The summed E-state index contributed by atoms with van der Waals surface area (Å²) in [4.78, 5) is 8.50. The normalized spacial score (nSPS) is 10.8. The van der Waals surface area contributed by atoms with Crippen LogP contribution >= 0.6 is 11.6 Å². The third-order valence-electron chi connectivity index (χ3n) is 5.56. The third-order valence-corrected chi connectivity index (χ3v) is 5.81. The van der Waals surface area contributed by atoms with Crippen LogP contribution in [0.5, 0.6) is 11.5 Å². The summed E-state index contributed by atoms with van der Waals surface area (Å²) in [6, 6.07) is 33.9. The number of methoxy groups -OCH3 is 1. The minimum atomic E-state index is 0.421. The quantitative estimate of drug-likeness (QED) is 0.268. The summed E-state index contributed by atoms with van der Waals surface area (Å²) < 4.78 is 11.6. The van der Waals surface area contributed by atoms with Crippen LogP contribution in [-0.4, -0.2) is 17.1 Å². The van der Waals surface area contributed by atoms with E-state index >= 15 is 0 Å². The fourth-order valence-electron chi connectivity index (χ4n) is 3.80. The lowest BCUT2D eigenvalue weighted by molar-refractivity contribution is 0.284. The van der Waals surface area contributed by atoms with E-state index in [1.165, 1.54) is 0 Å². The Morgan fingerprint density at radius 3 is 2.09 bits per heavy atom. The van der Waals surface area contributed by atoms with Crippen LogP contribution in [0.4, 0.5) is 0 Å². The molecule has 0 unspecified atom stereocenters. The van der Waals surface area contributed by atoms with Crippen LogP contribution in [0.3, 0.4) is 0 Å². The standard InChI is InChI=1S/C29H23ClN2O2/c1-33-26-18-23(14-17-25(26)34-19-20-12-15-24(30)16-13-20)29-31-27(21-8-4-2-5-9-21)28(32-29)22-10-6-3-7-11-22/h2-18H,19H2,1H3,(H,31,32). The Bertz CT molecular complexity index is 1320. The molecule has 4 aromatic carbocycles. The van der Waals surface area contributed by atoms with Crippen molar-refractivity contribution in [2.45, 2.75) is 6.61 Å². The van der Waals surface area contributed by atoms with Crippen molar-refractivity contribution in [3.05, 3.63) is 114 Å². The molecule has 0 atom stereocenters. The molecule has 0 aliphatic heterocycles. The van der Waals surface area contributed by atoms with Crippen molar-refractivity contribution in [3.8, 4) is 45.4 Å². The number of hydrogen-bond acceptors (Lipinski definition) is 3. The number of ether oxygens (including phenoxy) is 2. The summed E-state index contributed by atoms with van der Waals surface area (Å²) in [6.07, 6.45) is 0. The van der Waals surface area contributed by atoms with Crippen LogP contribution in [0.2, 0.25) is 5.02 Å². The maximum atomic E-state index is 6.01. The highest BCUT2D eigenvalue weighted by atomic mass is 35.5. The van der Waals surface area contributed by atoms with Crippen molar-refractivity contribution in [1.29, 1.82) is 0 Å². The predicted molar refractivity (Wildman–Crippen MR) is 137 cm³/mol. The Hall–Kier alpha value is -4.02. The Labute approximate surface area is 203 Å². The minimum Gasteiger partial charge on any atom is -0.493 e. The highest BCUT2D eigenvalue weighted by Crippen LogP contribution is 2.36. The second kappa shape index (κ2) is 9.86. The second-order valence-corrected chi connectivity index (χ2v) is 8.26. The average molecular weight is 467 g/mol. The van der Waals surface area contributed by atoms with Crippen molar-refractivity contribution in [3.63, 3.8) is 0 Å². The maximum absolute atomic E-state index is 6.01. The van der Waals surface area contributed by atoms with Gasteiger partial charge < -0.3 is 14.5 Å².